The Morgan fingerprint density at radius 2 is 2.16 bits per heavy atom. The summed E-state index contributed by atoms with van der Waals surface area (Å²) in [6.07, 6.45) is 5.14. The SMILES string of the molecule is CC(CO)NCc1cc(Cl)ccc1OC1CCCC1. The maximum atomic E-state index is 9.05. The molecule has 0 amide bonds. The van der Waals surface area contributed by atoms with E-state index in [2.05, 4.69) is 5.32 Å². The minimum Gasteiger partial charge on any atom is -0.490 e. The smallest absolute Gasteiger partial charge is 0.124 e. The van der Waals surface area contributed by atoms with E-state index in [9.17, 15) is 0 Å². The predicted molar refractivity (Wildman–Crippen MR) is 77.7 cm³/mol. The van der Waals surface area contributed by atoms with Crippen molar-refractivity contribution in [3.63, 3.8) is 0 Å². The van der Waals surface area contributed by atoms with Gasteiger partial charge in [-0.25, -0.2) is 0 Å². The van der Waals surface area contributed by atoms with Gasteiger partial charge in [0, 0.05) is 23.2 Å². The van der Waals surface area contributed by atoms with Crippen LogP contribution in [0.3, 0.4) is 0 Å². The molecule has 0 aliphatic heterocycles. The fraction of sp³-hybridized carbons (Fsp3) is 0.600. The summed E-state index contributed by atoms with van der Waals surface area (Å²) in [6.45, 7) is 2.73. The van der Waals surface area contributed by atoms with Crippen LogP contribution < -0.4 is 10.1 Å². The molecule has 2 rings (SSSR count). The average molecular weight is 284 g/mol. The Balaban J connectivity index is 2.03. The zero-order valence-corrected chi connectivity index (χ0v) is 12.1. The molecule has 0 saturated heterocycles. The summed E-state index contributed by atoms with van der Waals surface area (Å²) in [5.41, 5.74) is 1.06. The first kappa shape index (κ1) is 14.6. The van der Waals surface area contributed by atoms with Crippen LogP contribution in [0.15, 0.2) is 18.2 Å². The van der Waals surface area contributed by atoms with E-state index in [1.54, 1.807) is 0 Å². The van der Waals surface area contributed by atoms with E-state index in [1.165, 1.54) is 12.8 Å². The number of rotatable bonds is 6. The van der Waals surface area contributed by atoms with Gasteiger partial charge in [0.05, 0.1) is 12.7 Å². The third kappa shape index (κ3) is 4.37. The van der Waals surface area contributed by atoms with Crippen molar-refractivity contribution in [2.24, 2.45) is 0 Å². The predicted octanol–water partition coefficient (Wildman–Crippen LogP) is 3.13. The van der Waals surface area contributed by atoms with Crippen molar-refractivity contribution in [2.75, 3.05) is 6.61 Å². The second kappa shape index (κ2) is 7.13. The fourth-order valence-electron chi connectivity index (χ4n) is 2.34. The third-order valence-corrected chi connectivity index (χ3v) is 3.77. The lowest BCUT2D eigenvalue weighted by molar-refractivity contribution is 0.206. The second-order valence-electron chi connectivity index (χ2n) is 5.24. The van der Waals surface area contributed by atoms with Crippen LogP contribution in [0, 0.1) is 0 Å². The van der Waals surface area contributed by atoms with Gasteiger partial charge in [0.25, 0.3) is 0 Å². The van der Waals surface area contributed by atoms with Gasteiger partial charge in [0.2, 0.25) is 0 Å². The van der Waals surface area contributed by atoms with Gasteiger partial charge in [0.1, 0.15) is 5.75 Å². The van der Waals surface area contributed by atoms with E-state index in [1.807, 2.05) is 25.1 Å². The van der Waals surface area contributed by atoms with E-state index in [-0.39, 0.29) is 12.6 Å². The molecule has 0 aromatic heterocycles. The standard InChI is InChI=1S/C15H22ClNO2/c1-11(10-18)17-9-12-8-13(16)6-7-15(12)19-14-4-2-3-5-14/h6-8,11,14,17-18H,2-5,9-10H2,1H3. The van der Waals surface area contributed by atoms with Gasteiger partial charge in [-0.2, -0.15) is 0 Å². The number of nitrogens with one attached hydrogen (secondary N) is 1. The van der Waals surface area contributed by atoms with Crippen molar-refractivity contribution in [1.82, 2.24) is 5.32 Å². The summed E-state index contributed by atoms with van der Waals surface area (Å²) < 4.78 is 6.07. The zero-order chi connectivity index (χ0) is 13.7. The maximum absolute atomic E-state index is 9.05. The lowest BCUT2D eigenvalue weighted by Gasteiger charge is -2.18. The van der Waals surface area contributed by atoms with Crippen LogP contribution in [0.4, 0.5) is 0 Å². The highest BCUT2D eigenvalue weighted by Gasteiger charge is 2.18. The molecule has 1 atom stereocenters. The largest absolute Gasteiger partial charge is 0.490 e. The average Bonchev–Trinajstić information content (AvgIpc) is 2.91. The van der Waals surface area contributed by atoms with Gasteiger partial charge in [-0.3, -0.25) is 0 Å². The Bertz CT molecular complexity index is 405. The summed E-state index contributed by atoms with van der Waals surface area (Å²) in [5, 5.41) is 13.0. The molecule has 1 aliphatic rings. The minimum absolute atomic E-state index is 0.0679. The van der Waals surface area contributed by atoms with Crippen LogP contribution in [0.5, 0.6) is 5.75 Å². The van der Waals surface area contributed by atoms with Gasteiger partial charge >= 0.3 is 0 Å². The summed E-state index contributed by atoms with van der Waals surface area (Å²) in [6, 6.07) is 5.81. The maximum Gasteiger partial charge on any atom is 0.124 e. The van der Waals surface area contributed by atoms with Crippen LogP contribution >= 0.6 is 11.6 Å². The van der Waals surface area contributed by atoms with Crippen LogP contribution in [0.2, 0.25) is 5.02 Å². The molecule has 1 saturated carbocycles. The number of halogens is 1. The molecule has 0 heterocycles. The number of benzene rings is 1. The molecule has 1 fully saturated rings. The van der Waals surface area contributed by atoms with E-state index in [4.69, 9.17) is 21.4 Å². The van der Waals surface area contributed by atoms with Crippen LogP contribution in [-0.4, -0.2) is 23.9 Å². The summed E-state index contributed by atoms with van der Waals surface area (Å²) in [5.74, 6) is 0.911. The Labute approximate surface area is 119 Å². The molecular weight excluding hydrogens is 262 g/mol. The van der Waals surface area contributed by atoms with Gasteiger partial charge in [-0.05, 0) is 50.8 Å². The van der Waals surface area contributed by atoms with Crippen molar-refractivity contribution in [3.05, 3.63) is 28.8 Å². The molecule has 0 radical (unpaired) electrons. The Kier molecular flexibility index (Phi) is 5.49. The highest BCUT2D eigenvalue weighted by molar-refractivity contribution is 6.30. The first-order chi connectivity index (χ1) is 9.19. The molecule has 1 aliphatic carbocycles. The second-order valence-corrected chi connectivity index (χ2v) is 5.68. The molecule has 0 spiro atoms. The van der Waals surface area contributed by atoms with Crippen LogP contribution in [0.1, 0.15) is 38.2 Å². The van der Waals surface area contributed by atoms with Crippen LogP contribution in [-0.2, 0) is 6.54 Å². The van der Waals surface area contributed by atoms with Crippen molar-refractivity contribution in [1.29, 1.82) is 0 Å². The summed E-state index contributed by atoms with van der Waals surface area (Å²) >= 11 is 6.05. The van der Waals surface area contributed by atoms with Crippen LogP contribution in [0.25, 0.3) is 0 Å². The highest BCUT2D eigenvalue weighted by Crippen LogP contribution is 2.28. The monoisotopic (exact) mass is 283 g/mol. The van der Waals surface area contributed by atoms with E-state index in [0.717, 1.165) is 24.2 Å². The molecule has 19 heavy (non-hydrogen) atoms. The molecule has 1 unspecified atom stereocenters. The lowest BCUT2D eigenvalue weighted by atomic mass is 10.2. The van der Waals surface area contributed by atoms with Gasteiger partial charge in [0.15, 0.2) is 0 Å². The lowest BCUT2D eigenvalue weighted by Crippen LogP contribution is -2.29. The van der Waals surface area contributed by atoms with Gasteiger partial charge < -0.3 is 15.2 Å². The van der Waals surface area contributed by atoms with Gasteiger partial charge in [-0.1, -0.05) is 11.6 Å². The minimum atomic E-state index is 0.0679. The first-order valence-electron chi connectivity index (χ1n) is 6.98. The number of hydrogen-bond acceptors (Lipinski definition) is 3. The molecule has 0 bridgehead atoms. The number of ether oxygens (including phenoxy) is 1. The number of hydrogen-bond donors (Lipinski definition) is 2. The normalized spacial score (nSPS) is 17.6. The quantitative estimate of drug-likeness (QED) is 0.843. The number of aliphatic hydroxyl groups is 1. The molecule has 106 valence electrons. The highest BCUT2D eigenvalue weighted by atomic mass is 35.5. The Morgan fingerprint density at radius 3 is 2.84 bits per heavy atom. The van der Waals surface area contributed by atoms with Crippen molar-refractivity contribution < 1.29 is 9.84 Å². The Morgan fingerprint density at radius 1 is 1.42 bits per heavy atom. The molecular formula is C15H22ClNO2. The summed E-state index contributed by atoms with van der Waals surface area (Å²) in [4.78, 5) is 0. The van der Waals surface area contributed by atoms with Crippen molar-refractivity contribution >= 4 is 11.6 Å². The fourth-order valence-corrected chi connectivity index (χ4v) is 2.53. The molecule has 4 heteroatoms. The van der Waals surface area contributed by atoms with E-state index < -0.39 is 0 Å². The molecule has 1 aromatic carbocycles. The van der Waals surface area contributed by atoms with E-state index in [0.29, 0.717) is 17.7 Å². The Hall–Kier alpha value is -0.770. The zero-order valence-electron chi connectivity index (χ0n) is 11.4. The van der Waals surface area contributed by atoms with E-state index >= 15 is 0 Å². The van der Waals surface area contributed by atoms with Gasteiger partial charge in [-0.15, -0.1) is 0 Å². The number of aliphatic hydroxyl groups excluding tert-OH is 1. The molecule has 2 N–H and O–H groups in total. The van der Waals surface area contributed by atoms with Crippen molar-refractivity contribution in [2.45, 2.75) is 51.3 Å². The third-order valence-electron chi connectivity index (χ3n) is 3.53. The summed E-state index contributed by atoms with van der Waals surface area (Å²) in [7, 11) is 0. The van der Waals surface area contributed by atoms with Crippen molar-refractivity contribution in [3.8, 4) is 5.75 Å². The molecule has 1 aromatic rings. The molecule has 3 nitrogen and oxygen atoms in total. The topological polar surface area (TPSA) is 41.5 Å². The first-order valence-corrected chi connectivity index (χ1v) is 7.36.